The molecule has 0 aromatic heterocycles. The first kappa shape index (κ1) is 13.2. The first-order chi connectivity index (χ1) is 7.74. The van der Waals surface area contributed by atoms with E-state index >= 15 is 0 Å². The number of hydrogen-bond acceptors (Lipinski definition) is 1. The summed E-state index contributed by atoms with van der Waals surface area (Å²) in [4.78, 5) is 11.8. The Morgan fingerprint density at radius 3 is 2.62 bits per heavy atom. The zero-order valence-electron chi connectivity index (χ0n) is 9.84. The number of aryl methyl sites for hydroxylation is 1. The molecule has 2 heteroatoms. The molecule has 0 spiro atoms. The van der Waals surface area contributed by atoms with E-state index in [1.807, 2.05) is 31.2 Å². The van der Waals surface area contributed by atoms with Crippen LogP contribution in [0, 0.1) is 6.92 Å². The highest BCUT2D eigenvalue weighted by molar-refractivity contribution is 6.17. The van der Waals surface area contributed by atoms with E-state index in [9.17, 15) is 4.79 Å². The number of ketones is 1. The van der Waals surface area contributed by atoms with Gasteiger partial charge in [-0.15, -0.1) is 11.6 Å². The lowest BCUT2D eigenvalue weighted by Crippen LogP contribution is -1.99. The Hall–Kier alpha value is -0.820. The van der Waals surface area contributed by atoms with Crippen molar-refractivity contribution in [3.05, 3.63) is 35.4 Å². The molecule has 0 aliphatic heterocycles. The van der Waals surface area contributed by atoms with Crippen molar-refractivity contribution in [3.63, 3.8) is 0 Å². The van der Waals surface area contributed by atoms with E-state index < -0.39 is 0 Å². The quantitative estimate of drug-likeness (QED) is 0.392. The Balaban J connectivity index is 2.30. The third-order valence-corrected chi connectivity index (χ3v) is 2.89. The maximum atomic E-state index is 11.8. The second-order valence-electron chi connectivity index (χ2n) is 4.15. The van der Waals surface area contributed by atoms with E-state index in [4.69, 9.17) is 11.6 Å². The normalized spacial score (nSPS) is 10.4. The van der Waals surface area contributed by atoms with Crippen molar-refractivity contribution in [1.29, 1.82) is 0 Å². The lowest BCUT2D eigenvalue weighted by molar-refractivity contribution is 0.0979. The number of Topliss-reactive ketones (excluding diaryl/α,β-unsaturated/α-hetero) is 1. The largest absolute Gasteiger partial charge is 0.294 e. The van der Waals surface area contributed by atoms with Gasteiger partial charge in [-0.05, 0) is 25.8 Å². The molecule has 0 heterocycles. The van der Waals surface area contributed by atoms with Gasteiger partial charge in [-0.1, -0.05) is 36.6 Å². The summed E-state index contributed by atoms with van der Waals surface area (Å²) in [6.45, 7) is 2.01. The highest BCUT2D eigenvalue weighted by atomic mass is 35.5. The molecule has 0 saturated heterocycles. The number of carbonyl (C=O) groups is 1. The fourth-order valence-corrected chi connectivity index (χ4v) is 1.89. The standard InChI is InChI=1S/C14H19ClO/c1-12-7-6-8-13(11-12)14(16)9-4-2-3-5-10-15/h6-8,11H,2-5,9-10H2,1H3. The molecule has 0 aliphatic rings. The van der Waals surface area contributed by atoms with Gasteiger partial charge >= 0.3 is 0 Å². The molecule has 0 amide bonds. The average molecular weight is 239 g/mol. The maximum absolute atomic E-state index is 11.8. The van der Waals surface area contributed by atoms with E-state index in [1.165, 1.54) is 0 Å². The van der Waals surface area contributed by atoms with Crippen molar-refractivity contribution < 1.29 is 4.79 Å². The monoisotopic (exact) mass is 238 g/mol. The summed E-state index contributed by atoms with van der Waals surface area (Å²) in [5, 5.41) is 0. The number of hydrogen-bond donors (Lipinski definition) is 0. The summed E-state index contributed by atoms with van der Waals surface area (Å²) in [5.41, 5.74) is 1.99. The molecule has 1 rings (SSSR count). The predicted octanol–water partition coefficient (Wildman–Crippen LogP) is 4.37. The second kappa shape index (κ2) is 7.45. The van der Waals surface area contributed by atoms with Crippen LogP contribution in [0.3, 0.4) is 0 Å². The number of unbranched alkanes of at least 4 members (excludes halogenated alkanes) is 3. The highest BCUT2D eigenvalue weighted by Gasteiger charge is 2.04. The molecule has 1 aromatic carbocycles. The fourth-order valence-electron chi connectivity index (χ4n) is 1.70. The number of rotatable bonds is 7. The van der Waals surface area contributed by atoms with Gasteiger partial charge in [-0.25, -0.2) is 0 Å². The molecule has 0 N–H and O–H groups in total. The zero-order valence-corrected chi connectivity index (χ0v) is 10.6. The van der Waals surface area contributed by atoms with Crippen molar-refractivity contribution >= 4 is 17.4 Å². The minimum atomic E-state index is 0.259. The summed E-state index contributed by atoms with van der Waals surface area (Å²) in [7, 11) is 0. The maximum Gasteiger partial charge on any atom is 0.162 e. The first-order valence-electron chi connectivity index (χ1n) is 5.90. The number of alkyl halides is 1. The smallest absolute Gasteiger partial charge is 0.162 e. The summed E-state index contributed by atoms with van der Waals surface area (Å²) in [6.07, 6.45) is 4.92. The van der Waals surface area contributed by atoms with Gasteiger partial charge in [0, 0.05) is 17.9 Å². The van der Waals surface area contributed by atoms with E-state index in [1.54, 1.807) is 0 Å². The number of carbonyl (C=O) groups excluding carboxylic acids is 1. The number of benzene rings is 1. The van der Waals surface area contributed by atoms with Gasteiger partial charge in [0.1, 0.15) is 0 Å². The van der Waals surface area contributed by atoms with Gasteiger partial charge < -0.3 is 0 Å². The molecular weight excluding hydrogens is 220 g/mol. The van der Waals surface area contributed by atoms with Crippen molar-refractivity contribution in [1.82, 2.24) is 0 Å². The van der Waals surface area contributed by atoms with Gasteiger partial charge in [0.2, 0.25) is 0 Å². The van der Waals surface area contributed by atoms with Gasteiger partial charge in [-0.3, -0.25) is 4.79 Å². The molecule has 1 aromatic rings. The SMILES string of the molecule is Cc1cccc(C(=O)CCCCCCCl)c1. The second-order valence-corrected chi connectivity index (χ2v) is 4.52. The van der Waals surface area contributed by atoms with E-state index in [0.717, 1.165) is 42.7 Å². The molecule has 0 fully saturated rings. The fraction of sp³-hybridized carbons (Fsp3) is 0.500. The molecule has 88 valence electrons. The third kappa shape index (κ3) is 4.80. The molecule has 0 aliphatic carbocycles. The first-order valence-corrected chi connectivity index (χ1v) is 6.43. The lowest BCUT2D eigenvalue weighted by Gasteiger charge is -2.02. The Morgan fingerprint density at radius 2 is 1.94 bits per heavy atom. The van der Waals surface area contributed by atoms with Crippen LogP contribution in [0.25, 0.3) is 0 Å². The Kier molecular flexibility index (Phi) is 6.17. The number of halogens is 1. The third-order valence-electron chi connectivity index (χ3n) is 2.63. The molecule has 0 saturated carbocycles. The Bertz CT molecular complexity index is 333. The highest BCUT2D eigenvalue weighted by Crippen LogP contribution is 2.11. The van der Waals surface area contributed by atoms with Crippen LogP contribution >= 0.6 is 11.6 Å². The molecule has 16 heavy (non-hydrogen) atoms. The molecule has 1 nitrogen and oxygen atoms in total. The van der Waals surface area contributed by atoms with E-state index in [2.05, 4.69) is 0 Å². The van der Waals surface area contributed by atoms with Crippen LogP contribution < -0.4 is 0 Å². The van der Waals surface area contributed by atoms with Crippen molar-refractivity contribution in [2.75, 3.05) is 5.88 Å². The Morgan fingerprint density at radius 1 is 1.19 bits per heavy atom. The summed E-state index contributed by atoms with van der Waals surface area (Å²) in [6, 6.07) is 7.81. The van der Waals surface area contributed by atoms with Crippen LogP contribution in [0.15, 0.2) is 24.3 Å². The van der Waals surface area contributed by atoms with Gasteiger partial charge in [-0.2, -0.15) is 0 Å². The van der Waals surface area contributed by atoms with Gasteiger partial charge in [0.25, 0.3) is 0 Å². The van der Waals surface area contributed by atoms with Crippen LogP contribution in [0.2, 0.25) is 0 Å². The summed E-state index contributed by atoms with van der Waals surface area (Å²) < 4.78 is 0. The Labute approximate surface area is 103 Å². The van der Waals surface area contributed by atoms with Crippen LogP contribution in [-0.2, 0) is 0 Å². The molecule has 0 radical (unpaired) electrons. The van der Waals surface area contributed by atoms with E-state index in [-0.39, 0.29) is 5.78 Å². The lowest BCUT2D eigenvalue weighted by atomic mass is 10.0. The summed E-state index contributed by atoms with van der Waals surface area (Å²) in [5.74, 6) is 0.987. The van der Waals surface area contributed by atoms with Crippen LogP contribution in [0.4, 0.5) is 0 Å². The molecule has 0 atom stereocenters. The molecule has 0 unspecified atom stereocenters. The van der Waals surface area contributed by atoms with Gasteiger partial charge in [0.15, 0.2) is 5.78 Å². The molecule has 0 bridgehead atoms. The predicted molar refractivity (Wildman–Crippen MR) is 69.3 cm³/mol. The van der Waals surface area contributed by atoms with Gasteiger partial charge in [0.05, 0.1) is 0 Å². The van der Waals surface area contributed by atoms with E-state index in [0.29, 0.717) is 6.42 Å². The van der Waals surface area contributed by atoms with Crippen LogP contribution in [0.5, 0.6) is 0 Å². The van der Waals surface area contributed by atoms with Crippen molar-refractivity contribution in [2.24, 2.45) is 0 Å². The van der Waals surface area contributed by atoms with Crippen molar-refractivity contribution in [3.8, 4) is 0 Å². The minimum absolute atomic E-state index is 0.259. The average Bonchev–Trinajstić information content (AvgIpc) is 2.28. The van der Waals surface area contributed by atoms with Crippen LogP contribution in [0.1, 0.15) is 48.0 Å². The van der Waals surface area contributed by atoms with Crippen molar-refractivity contribution in [2.45, 2.75) is 39.0 Å². The minimum Gasteiger partial charge on any atom is -0.294 e. The zero-order chi connectivity index (χ0) is 11.8. The topological polar surface area (TPSA) is 17.1 Å². The molecular formula is C14H19ClO. The summed E-state index contributed by atoms with van der Waals surface area (Å²) >= 11 is 5.59. The van der Waals surface area contributed by atoms with Crippen LogP contribution in [-0.4, -0.2) is 11.7 Å².